The normalized spacial score (nSPS) is 13.6. The molecular formula is C19H18N2O. The van der Waals surface area contributed by atoms with Crippen LogP contribution in [0.3, 0.4) is 0 Å². The number of carbonyl (C=O) groups is 1. The molecule has 3 heteroatoms. The van der Waals surface area contributed by atoms with E-state index in [1.165, 1.54) is 11.3 Å². The predicted molar refractivity (Wildman–Crippen MR) is 89.7 cm³/mol. The van der Waals surface area contributed by atoms with Crippen LogP contribution in [0.25, 0.3) is 10.9 Å². The number of aryl methyl sites for hydroxylation is 1. The molecule has 0 saturated heterocycles. The van der Waals surface area contributed by atoms with Gasteiger partial charge in [0.25, 0.3) is 0 Å². The van der Waals surface area contributed by atoms with Crippen LogP contribution in [0, 0.1) is 6.92 Å². The Kier molecular flexibility index (Phi) is 3.00. The number of anilines is 1. The molecule has 0 spiro atoms. The van der Waals surface area contributed by atoms with Gasteiger partial charge in [-0.25, -0.2) is 0 Å². The Balaban J connectivity index is 1.67. The summed E-state index contributed by atoms with van der Waals surface area (Å²) in [6.07, 6.45) is 1.02. The molecule has 0 unspecified atom stereocenters. The van der Waals surface area contributed by atoms with Gasteiger partial charge in [-0.1, -0.05) is 36.4 Å². The zero-order chi connectivity index (χ0) is 15.1. The summed E-state index contributed by atoms with van der Waals surface area (Å²) in [6.45, 7) is 3.34. The topological polar surface area (TPSA) is 36.1 Å². The maximum atomic E-state index is 12.8. The van der Waals surface area contributed by atoms with Crippen molar-refractivity contribution in [3.63, 3.8) is 0 Å². The van der Waals surface area contributed by atoms with E-state index in [0.29, 0.717) is 6.54 Å². The van der Waals surface area contributed by atoms with Gasteiger partial charge in [-0.15, -0.1) is 0 Å². The first-order valence-corrected chi connectivity index (χ1v) is 7.67. The number of hydrogen-bond donors (Lipinski definition) is 1. The van der Waals surface area contributed by atoms with Crippen LogP contribution in [0.5, 0.6) is 0 Å². The third kappa shape index (κ3) is 2.01. The minimum Gasteiger partial charge on any atom is -0.363 e. The highest BCUT2D eigenvalue weighted by Crippen LogP contribution is 2.29. The molecule has 3 aromatic rings. The molecule has 0 saturated carbocycles. The third-order valence-electron chi connectivity index (χ3n) is 4.49. The zero-order valence-corrected chi connectivity index (χ0v) is 12.6. The standard InChI is InChI=1S/C19H18N2O/c1-13-19(15-7-3-4-8-16(15)20-13)18(22)12-21-11-10-14-6-2-5-9-17(14)21/h2-9,20H,10-12H2,1H3. The summed E-state index contributed by atoms with van der Waals surface area (Å²) in [5, 5.41) is 1.03. The van der Waals surface area contributed by atoms with Gasteiger partial charge in [0, 0.05) is 34.4 Å². The highest BCUT2D eigenvalue weighted by Gasteiger charge is 2.23. The predicted octanol–water partition coefficient (Wildman–Crippen LogP) is 3.72. The molecule has 0 radical (unpaired) electrons. The van der Waals surface area contributed by atoms with E-state index in [0.717, 1.165) is 35.1 Å². The average molecular weight is 290 g/mol. The van der Waals surface area contributed by atoms with Crippen molar-refractivity contribution in [1.29, 1.82) is 0 Å². The summed E-state index contributed by atoms with van der Waals surface area (Å²) >= 11 is 0. The number of aromatic amines is 1. The van der Waals surface area contributed by atoms with Gasteiger partial charge >= 0.3 is 0 Å². The van der Waals surface area contributed by atoms with E-state index in [2.05, 4.69) is 28.1 Å². The van der Waals surface area contributed by atoms with E-state index in [1.807, 2.05) is 37.3 Å². The lowest BCUT2D eigenvalue weighted by molar-refractivity contribution is 0.100. The molecule has 0 fully saturated rings. The maximum Gasteiger partial charge on any atom is 0.184 e. The number of carbonyl (C=O) groups excluding carboxylic acids is 1. The number of ketones is 1. The molecule has 1 aromatic heterocycles. The lowest BCUT2D eigenvalue weighted by Gasteiger charge is -2.18. The number of para-hydroxylation sites is 2. The fraction of sp³-hybridized carbons (Fsp3) is 0.211. The highest BCUT2D eigenvalue weighted by atomic mass is 16.1. The second kappa shape index (κ2) is 5.02. The molecule has 1 aliphatic heterocycles. The molecule has 0 aliphatic carbocycles. The van der Waals surface area contributed by atoms with Crippen molar-refractivity contribution >= 4 is 22.4 Å². The molecule has 1 N–H and O–H groups in total. The molecule has 1 aliphatic rings. The Morgan fingerprint density at radius 2 is 1.91 bits per heavy atom. The number of nitrogens with zero attached hydrogens (tertiary/aromatic N) is 1. The van der Waals surface area contributed by atoms with Crippen molar-refractivity contribution < 1.29 is 4.79 Å². The molecule has 2 heterocycles. The summed E-state index contributed by atoms with van der Waals surface area (Å²) in [5.41, 5.74) is 5.36. The zero-order valence-electron chi connectivity index (χ0n) is 12.6. The molecule has 2 aromatic carbocycles. The molecule has 22 heavy (non-hydrogen) atoms. The largest absolute Gasteiger partial charge is 0.363 e. The second-order valence-corrected chi connectivity index (χ2v) is 5.89. The summed E-state index contributed by atoms with van der Waals surface area (Å²) in [4.78, 5) is 18.4. The molecule has 0 bridgehead atoms. The van der Waals surface area contributed by atoms with E-state index < -0.39 is 0 Å². The monoisotopic (exact) mass is 290 g/mol. The molecule has 0 atom stereocenters. The van der Waals surface area contributed by atoms with Crippen molar-refractivity contribution in [2.24, 2.45) is 0 Å². The fourth-order valence-electron chi connectivity index (χ4n) is 3.46. The van der Waals surface area contributed by atoms with Crippen LogP contribution in [0.1, 0.15) is 21.6 Å². The van der Waals surface area contributed by atoms with Crippen LogP contribution in [-0.4, -0.2) is 23.9 Å². The van der Waals surface area contributed by atoms with Crippen LogP contribution in [0.4, 0.5) is 5.69 Å². The minimum atomic E-state index is 0.187. The van der Waals surface area contributed by atoms with E-state index in [-0.39, 0.29) is 5.78 Å². The van der Waals surface area contributed by atoms with Gasteiger partial charge in [-0.2, -0.15) is 0 Å². The average Bonchev–Trinajstić information content (AvgIpc) is 3.07. The first-order valence-electron chi connectivity index (χ1n) is 7.67. The van der Waals surface area contributed by atoms with Gasteiger partial charge in [-0.3, -0.25) is 4.79 Å². The number of nitrogens with one attached hydrogen (secondary N) is 1. The number of Topliss-reactive ketones (excluding diaryl/α,β-unsaturated/α-hetero) is 1. The van der Waals surface area contributed by atoms with E-state index in [9.17, 15) is 4.79 Å². The van der Waals surface area contributed by atoms with E-state index in [1.54, 1.807) is 0 Å². The molecule has 4 rings (SSSR count). The van der Waals surface area contributed by atoms with Crippen LogP contribution < -0.4 is 4.90 Å². The Hall–Kier alpha value is -2.55. The maximum absolute atomic E-state index is 12.8. The summed E-state index contributed by atoms with van der Waals surface area (Å²) < 4.78 is 0. The molecular weight excluding hydrogens is 272 g/mol. The summed E-state index contributed by atoms with van der Waals surface area (Å²) in [5.74, 6) is 0.187. The smallest absolute Gasteiger partial charge is 0.184 e. The third-order valence-corrected chi connectivity index (χ3v) is 4.49. The van der Waals surface area contributed by atoms with Crippen LogP contribution in [0.15, 0.2) is 48.5 Å². The van der Waals surface area contributed by atoms with Gasteiger partial charge in [0.15, 0.2) is 5.78 Å². The Morgan fingerprint density at radius 3 is 2.82 bits per heavy atom. The van der Waals surface area contributed by atoms with Crippen molar-refractivity contribution in [1.82, 2.24) is 4.98 Å². The highest BCUT2D eigenvalue weighted by molar-refractivity contribution is 6.11. The molecule has 3 nitrogen and oxygen atoms in total. The van der Waals surface area contributed by atoms with Crippen molar-refractivity contribution in [3.8, 4) is 0 Å². The summed E-state index contributed by atoms with van der Waals surface area (Å²) in [7, 11) is 0. The second-order valence-electron chi connectivity index (χ2n) is 5.89. The van der Waals surface area contributed by atoms with Crippen molar-refractivity contribution in [2.75, 3.05) is 18.0 Å². The minimum absolute atomic E-state index is 0.187. The van der Waals surface area contributed by atoms with Gasteiger partial charge in [-0.05, 0) is 31.0 Å². The first kappa shape index (κ1) is 13.1. The fourth-order valence-corrected chi connectivity index (χ4v) is 3.46. The lowest BCUT2D eigenvalue weighted by atomic mass is 10.1. The Bertz CT molecular complexity index is 863. The molecule has 0 amide bonds. The number of aromatic nitrogens is 1. The van der Waals surface area contributed by atoms with Crippen LogP contribution >= 0.6 is 0 Å². The Morgan fingerprint density at radius 1 is 1.14 bits per heavy atom. The van der Waals surface area contributed by atoms with E-state index >= 15 is 0 Å². The van der Waals surface area contributed by atoms with Crippen molar-refractivity contribution in [2.45, 2.75) is 13.3 Å². The van der Waals surface area contributed by atoms with Gasteiger partial charge in [0.2, 0.25) is 0 Å². The first-order chi connectivity index (χ1) is 10.7. The number of benzene rings is 2. The quantitative estimate of drug-likeness (QED) is 0.746. The van der Waals surface area contributed by atoms with Gasteiger partial charge in [0.05, 0.1) is 6.54 Å². The number of hydrogen-bond acceptors (Lipinski definition) is 2. The lowest BCUT2D eigenvalue weighted by Crippen LogP contribution is -2.28. The number of H-pyrrole nitrogens is 1. The van der Waals surface area contributed by atoms with E-state index in [4.69, 9.17) is 0 Å². The SMILES string of the molecule is Cc1[nH]c2ccccc2c1C(=O)CN1CCc2ccccc21. The van der Waals surface area contributed by atoms with Gasteiger partial charge < -0.3 is 9.88 Å². The Labute approximate surface area is 129 Å². The number of fused-ring (bicyclic) bond motifs is 2. The van der Waals surface area contributed by atoms with Crippen LogP contribution in [0.2, 0.25) is 0 Å². The van der Waals surface area contributed by atoms with Crippen LogP contribution in [-0.2, 0) is 6.42 Å². The van der Waals surface area contributed by atoms with Gasteiger partial charge in [0.1, 0.15) is 0 Å². The number of rotatable bonds is 3. The summed E-state index contributed by atoms with van der Waals surface area (Å²) in [6, 6.07) is 16.4. The molecule has 110 valence electrons. The van der Waals surface area contributed by atoms with Crippen molar-refractivity contribution in [3.05, 3.63) is 65.4 Å².